The number of rotatable bonds is 5. The molecule has 0 aliphatic rings. The van der Waals surface area contributed by atoms with Crippen LogP contribution in [0.1, 0.15) is 12.5 Å². The van der Waals surface area contributed by atoms with Crippen LogP contribution in [0.4, 0.5) is 5.82 Å². The number of nitrogens with one attached hydrogen (secondary N) is 1. The van der Waals surface area contributed by atoms with E-state index in [9.17, 15) is 0 Å². The van der Waals surface area contributed by atoms with Crippen molar-refractivity contribution in [1.29, 1.82) is 0 Å². The maximum Gasteiger partial charge on any atom is 0.133 e. The number of benzene rings is 1. The molecule has 0 bridgehead atoms. The zero-order valence-corrected chi connectivity index (χ0v) is 11.8. The summed E-state index contributed by atoms with van der Waals surface area (Å²) >= 11 is 3.45. The molecule has 2 rings (SSSR count). The first-order valence-corrected chi connectivity index (χ1v) is 6.65. The molecule has 0 saturated heterocycles. The van der Waals surface area contributed by atoms with Gasteiger partial charge in [-0.25, -0.2) is 4.98 Å². The van der Waals surface area contributed by atoms with Gasteiger partial charge in [-0.3, -0.25) is 0 Å². The van der Waals surface area contributed by atoms with Crippen LogP contribution in [0, 0.1) is 0 Å². The monoisotopic (exact) mass is 306 g/mol. The summed E-state index contributed by atoms with van der Waals surface area (Å²) in [5, 5.41) is 3.16. The van der Waals surface area contributed by atoms with E-state index < -0.39 is 0 Å². The fraction of sp³-hybridized carbons (Fsp3) is 0.214. The number of para-hydroxylation sites is 1. The molecule has 18 heavy (non-hydrogen) atoms. The van der Waals surface area contributed by atoms with Gasteiger partial charge < -0.3 is 10.1 Å². The normalized spacial score (nSPS) is 10.1. The Balaban J connectivity index is 1.96. The molecule has 0 spiro atoms. The van der Waals surface area contributed by atoms with Crippen molar-refractivity contribution in [2.75, 3.05) is 11.9 Å². The number of anilines is 1. The molecule has 0 atom stereocenters. The predicted molar refractivity (Wildman–Crippen MR) is 76.9 cm³/mol. The van der Waals surface area contributed by atoms with Crippen molar-refractivity contribution < 1.29 is 4.74 Å². The van der Waals surface area contributed by atoms with Crippen molar-refractivity contribution in [2.45, 2.75) is 13.5 Å². The van der Waals surface area contributed by atoms with E-state index in [0.717, 1.165) is 28.1 Å². The molecule has 0 fully saturated rings. The summed E-state index contributed by atoms with van der Waals surface area (Å²) in [6.45, 7) is 3.44. The van der Waals surface area contributed by atoms with Gasteiger partial charge in [0.25, 0.3) is 0 Å². The van der Waals surface area contributed by atoms with Crippen LogP contribution in [-0.4, -0.2) is 11.5 Å². The van der Waals surface area contributed by atoms with Gasteiger partial charge >= 0.3 is 0 Å². The number of hydrogen-bond donors (Lipinski definition) is 1. The fourth-order valence-corrected chi connectivity index (χ4v) is 1.92. The van der Waals surface area contributed by atoms with E-state index >= 15 is 0 Å². The van der Waals surface area contributed by atoms with Crippen LogP contribution in [0.3, 0.4) is 0 Å². The molecule has 0 aliphatic heterocycles. The molecular formula is C14H15BrN2O. The van der Waals surface area contributed by atoms with Gasteiger partial charge in [-0.2, -0.15) is 0 Å². The van der Waals surface area contributed by atoms with Gasteiger partial charge in [0.05, 0.1) is 4.47 Å². The lowest BCUT2D eigenvalue weighted by Gasteiger charge is -2.08. The molecule has 1 aromatic carbocycles. The summed E-state index contributed by atoms with van der Waals surface area (Å²) in [5.41, 5.74) is 1.05. The van der Waals surface area contributed by atoms with E-state index in [1.54, 1.807) is 0 Å². The Bertz CT molecular complexity index is 499. The van der Waals surface area contributed by atoms with E-state index in [1.807, 2.05) is 49.5 Å². The van der Waals surface area contributed by atoms with E-state index in [-0.39, 0.29) is 0 Å². The van der Waals surface area contributed by atoms with Crippen LogP contribution in [0.15, 0.2) is 47.1 Å². The van der Waals surface area contributed by atoms with Gasteiger partial charge in [-0.1, -0.05) is 18.2 Å². The lowest BCUT2D eigenvalue weighted by atomic mass is 10.3. The molecule has 1 N–H and O–H groups in total. The van der Waals surface area contributed by atoms with Crippen molar-refractivity contribution in [3.05, 3.63) is 52.6 Å². The summed E-state index contributed by atoms with van der Waals surface area (Å²) in [6, 6.07) is 11.8. The highest BCUT2D eigenvalue weighted by Gasteiger charge is 2.00. The number of aromatic nitrogens is 1. The molecule has 0 aliphatic carbocycles. The minimum atomic E-state index is 0.516. The highest BCUT2D eigenvalue weighted by Crippen LogP contribution is 2.24. The fourth-order valence-electron chi connectivity index (χ4n) is 1.52. The lowest BCUT2D eigenvalue weighted by molar-refractivity contribution is 0.304. The highest BCUT2D eigenvalue weighted by atomic mass is 79.9. The minimum Gasteiger partial charge on any atom is -0.488 e. The second-order valence-corrected chi connectivity index (χ2v) is 4.66. The van der Waals surface area contributed by atoms with Crippen LogP contribution in [0.25, 0.3) is 0 Å². The van der Waals surface area contributed by atoms with Gasteiger partial charge in [-0.15, -0.1) is 0 Å². The van der Waals surface area contributed by atoms with E-state index in [1.165, 1.54) is 0 Å². The van der Waals surface area contributed by atoms with E-state index in [4.69, 9.17) is 4.74 Å². The summed E-state index contributed by atoms with van der Waals surface area (Å²) in [6.07, 6.45) is 1.83. The summed E-state index contributed by atoms with van der Waals surface area (Å²) in [7, 11) is 0. The number of hydrogen-bond acceptors (Lipinski definition) is 3. The Hall–Kier alpha value is -1.55. The molecule has 2 aromatic rings. The number of nitrogens with zero attached hydrogens (tertiary/aromatic N) is 1. The molecule has 1 aromatic heterocycles. The zero-order valence-electron chi connectivity index (χ0n) is 10.2. The molecule has 0 amide bonds. The van der Waals surface area contributed by atoms with Gasteiger partial charge in [0.15, 0.2) is 0 Å². The van der Waals surface area contributed by atoms with Crippen molar-refractivity contribution in [3.63, 3.8) is 0 Å². The lowest BCUT2D eigenvalue weighted by Crippen LogP contribution is -2.01. The minimum absolute atomic E-state index is 0.516. The SMILES string of the molecule is CCNc1ccc(COc2ccccc2Br)cn1. The van der Waals surface area contributed by atoms with Gasteiger partial charge in [0.1, 0.15) is 18.2 Å². The van der Waals surface area contributed by atoms with Gasteiger partial charge in [-0.05, 0) is 41.1 Å². The van der Waals surface area contributed by atoms with Crippen LogP contribution >= 0.6 is 15.9 Å². The standard InChI is InChI=1S/C14H15BrN2O/c1-2-16-14-8-7-11(9-17-14)10-18-13-6-4-3-5-12(13)15/h3-9H,2,10H2,1H3,(H,16,17). The smallest absolute Gasteiger partial charge is 0.133 e. The van der Waals surface area contributed by atoms with Crippen molar-refractivity contribution >= 4 is 21.7 Å². The molecule has 94 valence electrons. The summed E-state index contributed by atoms with van der Waals surface area (Å²) in [4.78, 5) is 4.30. The average Bonchev–Trinajstić information content (AvgIpc) is 2.40. The second kappa shape index (κ2) is 6.40. The van der Waals surface area contributed by atoms with Crippen molar-refractivity contribution in [2.24, 2.45) is 0 Å². The molecular weight excluding hydrogens is 292 g/mol. The Morgan fingerprint density at radius 1 is 1.22 bits per heavy atom. The van der Waals surface area contributed by atoms with Crippen LogP contribution in [0.5, 0.6) is 5.75 Å². The quantitative estimate of drug-likeness (QED) is 0.911. The third-order valence-corrected chi connectivity index (χ3v) is 3.07. The van der Waals surface area contributed by atoms with E-state index in [2.05, 4.69) is 26.2 Å². The Labute approximate surface area is 115 Å². The second-order valence-electron chi connectivity index (χ2n) is 3.80. The number of pyridine rings is 1. The van der Waals surface area contributed by atoms with E-state index in [0.29, 0.717) is 6.61 Å². The predicted octanol–water partition coefficient (Wildman–Crippen LogP) is 3.85. The Morgan fingerprint density at radius 2 is 2.06 bits per heavy atom. The third kappa shape index (κ3) is 3.47. The molecule has 4 heteroatoms. The van der Waals surface area contributed by atoms with Gasteiger partial charge in [0.2, 0.25) is 0 Å². The molecule has 1 heterocycles. The maximum absolute atomic E-state index is 5.72. The first-order chi connectivity index (χ1) is 8.79. The molecule has 0 radical (unpaired) electrons. The maximum atomic E-state index is 5.72. The largest absolute Gasteiger partial charge is 0.488 e. The first kappa shape index (κ1) is 12.9. The molecule has 0 unspecified atom stereocenters. The van der Waals surface area contributed by atoms with Crippen LogP contribution in [-0.2, 0) is 6.61 Å². The average molecular weight is 307 g/mol. The highest BCUT2D eigenvalue weighted by molar-refractivity contribution is 9.10. The summed E-state index contributed by atoms with van der Waals surface area (Å²) < 4.78 is 6.68. The van der Waals surface area contributed by atoms with Crippen molar-refractivity contribution in [3.8, 4) is 5.75 Å². The Morgan fingerprint density at radius 3 is 2.72 bits per heavy atom. The Kier molecular flexibility index (Phi) is 4.59. The zero-order chi connectivity index (χ0) is 12.8. The third-order valence-electron chi connectivity index (χ3n) is 2.41. The molecule has 0 saturated carbocycles. The van der Waals surface area contributed by atoms with Crippen LogP contribution in [0.2, 0.25) is 0 Å². The number of halogens is 1. The first-order valence-electron chi connectivity index (χ1n) is 5.85. The van der Waals surface area contributed by atoms with Crippen molar-refractivity contribution in [1.82, 2.24) is 4.98 Å². The summed E-state index contributed by atoms with van der Waals surface area (Å²) in [5.74, 6) is 1.73. The molecule has 3 nitrogen and oxygen atoms in total. The van der Waals surface area contributed by atoms with Gasteiger partial charge in [0, 0.05) is 18.3 Å². The van der Waals surface area contributed by atoms with Crippen LogP contribution < -0.4 is 10.1 Å². The number of ether oxygens (including phenoxy) is 1. The topological polar surface area (TPSA) is 34.1 Å².